The molecule has 3 N–H and O–H groups in total. The Morgan fingerprint density at radius 1 is 1.29 bits per heavy atom. The van der Waals surface area contributed by atoms with E-state index in [1.807, 2.05) is 24.3 Å². The number of nitrogens with one attached hydrogen (secondary N) is 1. The largest absolute Gasteiger partial charge is 0.341 e. The standard InChI is InChI=1S/C17H21N5OS/c1-11(15-19-12-6-2-3-7-13(12)20-15)24-10-14-21-16(22-23-14)17(18)8-4-5-9-17/h2-3,6-7,11H,4-5,8-10,18H2,1H3,(H,19,20). The van der Waals surface area contributed by atoms with Crippen LogP contribution in [0.25, 0.3) is 11.0 Å². The SMILES string of the molecule is CC(SCc1nc(C2(N)CCCC2)no1)c1nc2ccccc2[nH]1. The molecule has 0 saturated heterocycles. The van der Waals surface area contributed by atoms with Crippen molar-refractivity contribution in [3.05, 3.63) is 41.8 Å². The first-order valence-electron chi connectivity index (χ1n) is 8.32. The second kappa shape index (κ2) is 6.22. The molecule has 0 spiro atoms. The number of nitrogens with two attached hydrogens (primary N) is 1. The number of aromatic nitrogens is 4. The van der Waals surface area contributed by atoms with Crippen LogP contribution < -0.4 is 5.73 Å². The van der Waals surface area contributed by atoms with E-state index in [1.54, 1.807) is 11.8 Å². The number of nitrogens with zero attached hydrogens (tertiary/aromatic N) is 3. The number of imidazole rings is 1. The summed E-state index contributed by atoms with van der Waals surface area (Å²) in [6.45, 7) is 2.13. The van der Waals surface area contributed by atoms with Crippen molar-refractivity contribution in [2.75, 3.05) is 0 Å². The summed E-state index contributed by atoms with van der Waals surface area (Å²) in [4.78, 5) is 12.5. The number of aromatic amines is 1. The van der Waals surface area contributed by atoms with Crippen LogP contribution in [0.15, 0.2) is 28.8 Å². The summed E-state index contributed by atoms with van der Waals surface area (Å²) < 4.78 is 5.39. The Hall–Kier alpha value is -1.86. The molecule has 1 aliphatic carbocycles. The lowest BCUT2D eigenvalue weighted by molar-refractivity contribution is 0.355. The fourth-order valence-corrected chi connectivity index (χ4v) is 3.96. The molecule has 4 rings (SSSR count). The second-order valence-corrected chi connectivity index (χ2v) is 7.80. The molecule has 1 saturated carbocycles. The molecule has 24 heavy (non-hydrogen) atoms. The van der Waals surface area contributed by atoms with E-state index >= 15 is 0 Å². The smallest absolute Gasteiger partial charge is 0.236 e. The minimum atomic E-state index is -0.392. The fourth-order valence-electron chi connectivity index (χ4n) is 3.19. The lowest BCUT2D eigenvalue weighted by Crippen LogP contribution is -2.34. The van der Waals surface area contributed by atoms with Gasteiger partial charge in [-0.15, -0.1) is 11.8 Å². The van der Waals surface area contributed by atoms with E-state index in [1.165, 1.54) is 0 Å². The molecule has 6 nitrogen and oxygen atoms in total. The Morgan fingerprint density at radius 3 is 2.88 bits per heavy atom. The summed E-state index contributed by atoms with van der Waals surface area (Å²) in [7, 11) is 0. The summed E-state index contributed by atoms with van der Waals surface area (Å²) in [5, 5.41) is 4.32. The molecule has 0 aliphatic heterocycles. The van der Waals surface area contributed by atoms with E-state index in [9.17, 15) is 0 Å². The highest BCUT2D eigenvalue weighted by Crippen LogP contribution is 2.35. The van der Waals surface area contributed by atoms with E-state index in [-0.39, 0.29) is 5.25 Å². The van der Waals surface area contributed by atoms with Crippen LogP contribution in [0, 0.1) is 0 Å². The van der Waals surface area contributed by atoms with E-state index in [2.05, 4.69) is 27.0 Å². The van der Waals surface area contributed by atoms with Gasteiger partial charge in [-0.05, 0) is 31.9 Å². The van der Waals surface area contributed by atoms with E-state index < -0.39 is 5.54 Å². The normalized spacial score (nSPS) is 18.2. The van der Waals surface area contributed by atoms with Crippen LogP contribution in [0.1, 0.15) is 55.4 Å². The third kappa shape index (κ3) is 2.93. The van der Waals surface area contributed by atoms with Gasteiger partial charge in [-0.3, -0.25) is 0 Å². The Balaban J connectivity index is 1.42. The maximum Gasteiger partial charge on any atom is 0.236 e. The average molecular weight is 343 g/mol. The number of thioether (sulfide) groups is 1. The molecule has 1 aromatic carbocycles. The van der Waals surface area contributed by atoms with Gasteiger partial charge in [0.15, 0.2) is 5.82 Å². The van der Waals surface area contributed by atoms with Gasteiger partial charge in [0.2, 0.25) is 5.89 Å². The van der Waals surface area contributed by atoms with Gasteiger partial charge >= 0.3 is 0 Å². The van der Waals surface area contributed by atoms with Crippen LogP contribution in [0.4, 0.5) is 0 Å². The highest BCUT2D eigenvalue weighted by molar-refractivity contribution is 7.98. The molecule has 1 unspecified atom stereocenters. The highest BCUT2D eigenvalue weighted by Gasteiger charge is 2.35. The third-order valence-corrected chi connectivity index (χ3v) is 5.80. The maximum atomic E-state index is 6.38. The van der Waals surface area contributed by atoms with Gasteiger partial charge in [-0.1, -0.05) is 30.1 Å². The van der Waals surface area contributed by atoms with Crippen LogP contribution >= 0.6 is 11.8 Å². The van der Waals surface area contributed by atoms with Gasteiger partial charge < -0.3 is 15.2 Å². The molecule has 1 fully saturated rings. The summed E-state index contributed by atoms with van der Waals surface area (Å²) >= 11 is 1.72. The predicted molar refractivity (Wildman–Crippen MR) is 94.4 cm³/mol. The maximum absolute atomic E-state index is 6.38. The lowest BCUT2D eigenvalue weighted by Gasteiger charge is -2.17. The van der Waals surface area contributed by atoms with Crippen molar-refractivity contribution in [2.24, 2.45) is 5.73 Å². The number of benzene rings is 1. The lowest BCUT2D eigenvalue weighted by atomic mass is 9.99. The van der Waals surface area contributed by atoms with Gasteiger partial charge in [-0.2, -0.15) is 4.98 Å². The van der Waals surface area contributed by atoms with Crippen LogP contribution in [-0.2, 0) is 11.3 Å². The van der Waals surface area contributed by atoms with Crippen molar-refractivity contribution in [3.8, 4) is 0 Å². The van der Waals surface area contributed by atoms with Crippen molar-refractivity contribution in [3.63, 3.8) is 0 Å². The first kappa shape index (κ1) is 15.7. The second-order valence-electron chi connectivity index (χ2n) is 6.47. The van der Waals surface area contributed by atoms with E-state index in [0.29, 0.717) is 17.5 Å². The molecule has 7 heteroatoms. The molecule has 2 aromatic heterocycles. The minimum absolute atomic E-state index is 0.214. The molecule has 0 radical (unpaired) electrons. The summed E-state index contributed by atoms with van der Waals surface area (Å²) in [6.07, 6.45) is 4.15. The van der Waals surface area contributed by atoms with Crippen molar-refractivity contribution in [2.45, 2.75) is 49.1 Å². The van der Waals surface area contributed by atoms with Crippen molar-refractivity contribution >= 4 is 22.8 Å². The van der Waals surface area contributed by atoms with E-state index in [4.69, 9.17) is 10.3 Å². The Labute approximate surface area is 144 Å². The Kier molecular flexibility index (Phi) is 4.05. The molecule has 0 bridgehead atoms. The molecular weight excluding hydrogens is 322 g/mol. The monoisotopic (exact) mass is 343 g/mol. The zero-order valence-corrected chi connectivity index (χ0v) is 14.5. The zero-order valence-electron chi connectivity index (χ0n) is 13.7. The van der Waals surface area contributed by atoms with Gasteiger partial charge in [0, 0.05) is 0 Å². The first-order valence-corrected chi connectivity index (χ1v) is 9.37. The topological polar surface area (TPSA) is 93.6 Å². The summed E-state index contributed by atoms with van der Waals surface area (Å²) in [5.74, 6) is 2.91. The molecular formula is C17H21N5OS. The van der Waals surface area contributed by atoms with Gasteiger partial charge in [0.25, 0.3) is 0 Å². The number of para-hydroxylation sites is 2. The van der Waals surface area contributed by atoms with Gasteiger partial charge in [-0.25, -0.2) is 4.98 Å². The number of fused-ring (bicyclic) bond motifs is 1. The fraction of sp³-hybridized carbons (Fsp3) is 0.471. The van der Waals surface area contributed by atoms with Crippen LogP contribution in [-0.4, -0.2) is 20.1 Å². The van der Waals surface area contributed by atoms with Crippen molar-refractivity contribution in [1.29, 1.82) is 0 Å². The molecule has 126 valence electrons. The molecule has 1 atom stereocenters. The molecule has 2 heterocycles. The predicted octanol–water partition coefficient (Wildman–Crippen LogP) is 3.67. The zero-order chi connectivity index (χ0) is 16.6. The highest BCUT2D eigenvalue weighted by atomic mass is 32.2. The summed E-state index contributed by atoms with van der Waals surface area (Å²) in [6, 6.07) is 8.05. The van der Waals surface area contributed by atoms with Crippen LogP contribution in [0.5, 0.6) is 0 Å². The van der Waals surface area contributed by atoms with Gasteiger partial charge in [0.1, 0.15) is 5.82 Å². The number of hydrogen-bond donors (Lipinski definition) is 2. The molecule has 3 aromatic rings. The number of hydrogen-bond acceptors (Lipinski definition) is 6. The average Bonchev–Trinajstić information content (AvgIpc) is 3.31. The first-order chi connectivity index (χ1) is 11.6. The molecule has 1 aliphatic rings. The van der Waals surface area contributed by atoms with Gasteiger partial charge in [0.05, 0.1) is 27.6 Å². The number of rotatable bonds is 5. The number of H-pyrrole nitrogens is 1. The van der Waals surface area contributed by atoms with Crippen LogP contribution in [0.2, 0.25) is 0 Å². The van der Waals surface area contributed by atoms with Crippen LogP contribution in [0.3, 0.4) is 0 Å². The van der Waals surface area contributed by atoms with E-state index in [0.717, 1.165) is 42.5 Å². The summed E-state index contributed by atoms with van der Waals surface area (Å²) in [5.41, 5.74) is 8.04. The minimum Gasteiger partial charge on any atom is -0.341 e. The molecule has 0 amide bonds. The quantitative estimate of drug-likeness (QED) is 0.734. The Morgan fingerprint density at radius 2 is 2.08 bits per heavy atom. The third-order valence-electron chi connectivity index (χ3n) is 4.66. The van der Waals surface area contributed by atoms with Crippen molar-refractivity contribution in [1.82, 2.24) is 20.1 Å². The van der Waals surface area contributed by atoms with Crippen molar-refractivity contribution < 1.29 is 4.52 Å². The Bertz CT molecular complexity index is 803.